The Hall–Kier alpha value is -1.06. The van der Waals surface area contributed by atoms with Gasteiger partial charge in [-0.05, 0) is 24.1 Å². The van der Waals surface area contributed by atoms with E-state index < -0.39 is 0 Å². The second kappa shape index (κ2) is 3.59. The summed E-state index contributed by atoms with van der Waals surface area (Å²) in [5.74, 6) is 0. The number of nitrogens with zero attached hydrogens (tertiary/aromatic N) is 1. The van der Waals surface area contributed by atoms with Crippen molar-refractivity contribution in [3.05, 3.63) is 29.3 Å². The number of hydrogen-bond acceptors (Lipinski definition) is 3. The van der Waals surface area contributed by atoms with Gasteiger partial charge in [-0.25, -0.2) is 0 Å². The van der Waals surface area contributed by atoms with Gasteiger partial charge in [0.05, 0.1) is 6.61 Å². The Balaban J connectivity index is 2.22. The van der Waals surface area contributed by atoms with Crippen LogP contribution in [0, 0.1) is 0 Å². The first-order valence-electron chi connectivity index (χ1n) is 4.93. The fraction of sp³-hybridized carbons (Fsp3) is 0.455. The van der Waals surface area contributed by atoms with Gasteiger partial charge in [-0.1, -0.05) is 12.1 Å². The van der Waals surface area contributed by atoms with Gasteiger partial charge in [0.15, 0.2) is 0 Å². The van der Waals surface area contributed by atoms with Gasteiger partial charge in [0.1, 0.15) is 0 Å². The zero-order valence-electron chi connectivity index (χ0n) is 8.40. The Labute approximate surface area is 84.1 Å². The molecule has 0 radical (unpaired) electrons. The normalized spacial score (nSPS) is 18.1. The van der Waals surface area contributed by atoms with E-state index in [1.165, 1.54) is 11.1 Å². The molecule has 1 aromatic carbocycles. The molecule has 3 nitrogen and oxygen atoms in total. The van der Waals surface area contributed by atoms with E-state index >= 15 is 0 Å². The summed E-state index contributed by atoms with van der Waals surface area (Å²) in [5.41, 5.74) is 9.28. The minimum Gasteiger partial charge on any atom is -0.398 e. The molecule has 3 heteroatoms. The van der Waals surface area contributed by atoms with Crippen LogP contribution in [0.15, 0.2) is 18.2 Å². The number of nitrogens with two attached hydrogens (primary N) is 1. The minimum absolute atomic E-state index is 0.202. The van der Waals surface area contributed by atoms with E-state index in [9.17, 15) is 0 Å². The Kier molecular flexibility index (Phi) is 2.44. The molecule has 0 spiro atoms. The molecule has 0 bridgehead atoms. The molecule has 0 saturated heterocycles. The molecule has 1 aliphatic rings. The lowest BCUT2D eigenvalue weighted by atomic mass is 10.1. The molecule has 0 aromatic heterocycles. The van der Waals surface area contributed by atoms with Gasteiger partial charge in [0, 0.05) is 24.8 Å². The Morgan fingerprint density at radius 1 is 1.50 bits per heavy atom. The van der Waals surface area contributed by atoms with E-state index in [0.717, 1.165) is 18.8 Å². The SMILES string of the molecule is C[C@@H](CO)N1Cc2cccc(N)c2C1. The maximum atomic E-state index is 9.07. The van der Waals surface area contributed by atoms with Crippen LogP contribution in [-0.4, -0.2) is 22.7 Å². The fourth-order valence-electron chi connectivity index (χ4n) is 1.90. The monoisotopic (exact) mass is 192 g/mol. The van der Waals surface area contributed by atoms with Gasteiger partial charge in [-0.3, -0.25) is 4.90 Å². The summed E-state index contributed by atoms with van der Waals surface area (Å²) in [7, 11) is 0. The summed E-state index contributed by atoms with van der Waals surface area (Å²) in [6, 6.07) is 6.24. The molecule has 0 aliphatic carbocycles. The Bertz CT molecular complexity index is 338. The average molecular weight is 192 g/mol. The van der Waals surface area contributed by atoms with Gasteiger partial charge in [-0.15, -0.1) is 0 Å². The number of nitrogen functional groups attached to an aromatic ring is 1. The van der Waals surface area contributed by atoms with Crippen LogP contribution in [0.4, 0.5) is 5.69 Å². The predicted molar refractivity (Wildman–Crippen MR) is 56.6 cm³/mol. The Morgan fingerprint density at radius 2 is 2.29 bits per heavy atom. The first-order chi connectivity index (χ1) is 6.72. The summed E-state index contributed by atoms with van der Waals surface area (Å²) in [4.78, 5) is 2.24. The van der Waals surface area contributed by atoms with E-state index in [4.69, 9.17) is 10.8 Å². The van der Waals surface area contributed by atoms with Crippen LogP contribution in [-0.2, 0) is 13.1 Å². The molecule has 0 fully saturated rings. The highest BCUT2D eigenvalue weighted by Crippen LogP contribution is 2.28. The molecule has 1 aromatic rings. The second-order valence-corrected chi connectivity index (χ2v) is 3.92. The van der Waals surface area contributed by atoms with Crippen LogP contribution < -0.4 is 5.73 Å². The molecular formula is C11H16N2O. The first kappa shape index (κ1) is 9.49. The third-order valence-corrected chi connectivity index (χ3v) is 2.93. The van der Waals surface area contributed by atoms with Crippen molar-refractivity contribution in [1.29, 1.82) is 0 Å². The van der Waals surface area contributed by atoms with Crippen LogP contribution in [0.2, 0.25) is 0 Å². The number of fused-ring (bicyclic) bond motifs is 1. The smallest absolute Gasteiger partial charge is 0.0584 e. The zero-order valence-corrected chi connectivity index (χ0v) is 8.40. The molecule has 14 heavy (non-hydrogen) atoms. The summed E-state index contributed by atoms with van der Waals surface area (Å²) in [6.07, 6.45) is 0. The lowest BCUT2D eigenvalue weighted by Crippen LogP contribution is -2.30. The quantitative estimate of drug-likeness (QED) is 0.686. The highest BCUT2D eigenvalue weighted by Gasteiger charge is 2.23. The third kappa shape index (κ3) is 1.49. The average Bonchev–Trinajstić information content (AvgIpc) is 2.62. The van der Waals surface area contributed by atoms with Crippen molar-refractivity contribution in [2.75, 3.05) is 12.3 Å². The van der Waals surface area contributed by atoms with Crippen LogP contribution >= 0.6 is 0 Å². The van der Waals surface area contributed by atoms with Gasteiger partial charge in [0.25, 0.3) is 0 Å². The Morgan fingerprint density at radius 3 is 2.93 bits per heavy atom. The number of benzene rings is 1. The highest BCUT2D eigenvalue weighted by atomic mass is 16.3. The maximum absolute atomic E-state index is 9.07. The van der Waals surface area contributed by atoms with Gasteiger partial charge < -0.3 is 10.8 Å². The van der Waals surface area contributed by atoms with Gasteiger partial charge in [0.2, 0.25) is 0 Å². The van der Waals surface area contributed by atoms with Crippen molar-refractivity contribution in [3.63, 3.8) is 0 Å². The minimum atomic E-state index is 0.202. The highest BCUT2D eigenvalue weighted by molar-refractivity contribution is 5.52. The summed E-state index contributed by atoms with van der Waals surface area (Å²) < 4.78 is 0. The van der Waals surface area contributed by atoms with Crippen molar-refractivity contribution < 1.29 is 5.11 Å². The molecule has 1 aliphatic heterocycles. The fourth-order valence-corrected chi connectivity index (χ4v) is 1.90. The van der Waals surface area contributed by atoms with Gasteiger partial charge in [-0.2, -0.15) is 0 Å². The van der Waals surface area contributed by atoms with Crippen molar-refractivity contribution in [2.45, 2.75) is 26.1 Å². The number of anilines is 1. The molecule has 0 saturated carbocycles. The van der Waals surface area contributed by atoms with E-state index in [1.54, 1.807) is 0 Å². The van der Waals surface area contributed by atoms with Crippen LogP contribution in [0.25, 0.3) is 0 Å². The van der Waals surface area contributed by atoms with E-state index in [0.29, 0.717) is 0 Å². The molecule has 1 atom stereocenters. The number of hydrogen-bond donors (Lipinski definition) is 2. The van der Waals surface area contributed by atoms with E-state index in [1.807, 2.05) is 19.1 Å². The number of aliphatic hydroxyl groups is 1. The van der Waals surface area contributed by atoms with Crippen molar-refractivity contribution in [3.8, 4) is 0 Å². The van der Waals surface area contributed by atoms with Crippen molar-refractivity contribution in [1.82, 2.24) is 4.90 Å². The molecule has 76 valence electrons. The number of aliphatic hydroxyl groups excluding tert-OH is 1. The van der Waals surface area contributed by atoms with E-state index in [2.05, 4.69) is 11.0 Å². The largest absolute Gasteiger partial charge is 0.398 e. The zero-order chi connectivity index (χ0) is 10.1. The van der Waals surface area contributed by atoms with Crippen LogP contribution in [0.1, 0.15) is 18.1 Å². The summed E-state index contributed by atoms with van der Waals surface area (Å²) in [5, 5.41) is 9.07. The lowest BCUT2D eigenvalue weighted by Gasteiger charge is -2.21. The second-order valence-electron chi connectivity index (χ2n) is 3.92. The number of rotatable bonds is 2. The van der Waals surface area contributed by atoms with Gasteiger partial charge >= 0.3 is 0 Å². The molecule has 0 amide bonds. The van der Waals surface area contributed by atoms with Crippen molar-refractivity contribution in [2.24, 2.45) is 0 Å². The maximum Gasteiger partial charge on any atom is 0.0584 e. The topological polar surface area (TPSA) is 49.5 Å². The molecule has 1 heterocycles. The molecular weight excluding hydrogens is 176 g/mol. The standard InChI is InChI=1S/C11H16N2O/c1-8(7-14)13-5-9-3-2-4-11(12)10(9)6-13/h2-4,8,14H,5-7,12H2,1H3/t8-/m0/s1. The predicted octanol–water partition coefficient (Wildman–Crippen LogP) is 0.965. The molecule has 0 unspecified atom stereocenters. The summed E-state index contributed by atoms with van der Waals surface area (Å²) in [6.45, 7) is 4.00. The van der Waals surface area contributed by atoms with Crippen molar-refractivity contribution >= 4 is 5.69 Å². The summed E-state index contributed by atoms with van der Waals surface area (Å²) >= 11 is 0. The lowest BCUT2D eigenvalue weighted by molar-refractivity contribution is 0.134. The van der Waals surface area contributed by atoms with E-state index in [-0.39, 0.29) is 12.6 Å². The first-order valence-corrected chi connectivity index (χ1v) is 4.93. The molecule has 2 rings (SSSR count). The molecule has 3 N–H and O–H groups in total. The van der Waals surface area contributed by atoms with Crippen LogP contribution in [0.3, 0.4) is 0 Å². The van der Waals surface area contributed by atoms with Crippen LogP contribution in [0.5, 0.6) is 0 Å². The third-order valence-electron chi connectivity index (χ3n) is 2.93.